The quantitative estimate of drug-likeness (QED) is 0.782. The molecule has 144 valence electrons. The summed E-state index contributed by atoms with van der Waals surface area (Å²) < 4.78 is 0. The molecule has 1 fully saturated rings. The number of nitriles is 1. The fourth-order valence-electron chi connectivity index (χ4n) is 2.96. The van der Waals surface area contributed by atoms with Crippen molar-refractivity contribution in [3.63, 3.8) is 0 Å². The van der Waals surface area contributed by atoms with Crippen LogP contribution in [0.25, 0.3) is 0 Å². The second-order valence-electron chi connectivity index (χ2n) is 6.34. The Kier molecular flexibility index (Phi) is 6.50. The Hall–Kier alpha value is -3.05. The van der Waals surface area contributed by atoms with E-state index >= 15 is 0 Å². The lowest BCUT2D eigenvalue weighted by molar-refractivity contribution is -0.129. The maximum atomic E-state index is 12.2. The number of rotatable bonds is 5. The summed E-state index contributed by atoms with van der Waals surface area (Å²) in [6.07, 6.45) is 1.61. The molecule has 28 heavy (non-hydrogen) atoms. The van der Waals surface area contributed by atoms with E-state index in [9.17, 15) is 9.59 Å². The summed E-state index contributed by atoms with van der Waals surface area (Å²) in [5.74, 6) is 0.144. The Balaban J connectivity index is 1.51. The third-order valence-corrected chi connectivity index (χ3v) is 5.48. The molecule has 0 atom stereocenters. The van der Waals surface area contributed by atoms with E-state index in [0.29, 0.717) is 10.6 Å². The number of thioether (sulfide) groups is 1. The monoisotopic (exact) mass is 395 g/mol. The third-order valence-electron chi connectivity index (χ3n) is 4.47. The zero-order valence-corrected chi connectivity index (χ0v) is 16.4. The van der Waals surface area contributed by atoms with Crippen LogP contribution in [0.5, 0.6) is 0 Å². The topological polar surface area (TPSA) is 89.3 Å². The molecule has 2 amide bonds. The molecular weight excluding hydrogens is 374 g/mol. The van der Waals surface area contributed by atoms with Crippen LogP contribution in [-0.2, 0) is 9.59 Å². The molecule has 8 heteroatoms. The van der Waals surface area contributed by atoms with Gasteiger partial charge in [-0.3, -0.25) is 9.59 Å². The van der Waals surface area contributed by atoms with Gasteiger partial charge in [0.25, 0.3) is 0 Å². The fourth-order valence-corrected chi connectivity index (χ4v) is 3.70. The van der Waals surface area contributed by atoms with Gasteiger partial charge in [0.2, 0.25) is 11.8 Å². The first-order chi connectivity index (χ1) is 13.6. The normalized spacial score (nSPS) is 13.7. The number of pyridine rings is 1. The minimum absolute atomic E-state index is 0.114. The van der Waals surface area contributed by atoms with Crippen molar-refractivity contribution in [2.24, 2.45) is 0 Å². The van der Waals surface area contributed by atoms with Crippen molar-refractivity contribution in [1.29, 1.82) is 5.26 Å². The number of anilines is 2. The van der Waals surface area contributed by atoms with Gasteiger partial charge in [-0.05, 0) is 36.4 Å². The van der Waals surface area contributed by atoms with E-state index in [-0.39, 0.29) is 17.6 Å². The molecule has 0 saturated carbocycles. The SMILES string of the molecule is CC(=O)N1CCN(c2ccc(NC(=O)CSc3ncccc3C#N)cc2)CC1. The molecule has 7 nitrogen and oxygen atoms in total. The van der Waals surface area contributed by atoms with E-state index in [1.807, 2.05) is 29.2 Å². The average molecular weight is 395 g/mol. The molecule has 1 saturated heterocycles. The number of carbonyl (C=O) groups excluding carboxylic acids is 2. The lowest BCUT2D eigenvalue weighted by Crippen LogP contribution is -2.48. The van der Waals surface area contributed by atoms with Gasteiger partial charge in [0, 0.05) is 50.7 Å². The predicted molar refractivity (Wildman–Crippen MR) is 109 cm³/mol. The molecule has 0 bridgehead atoms. The van der Waals surface area contributed by atoms with Crippen LogP contribution in [0.15, 0.2) is 47.6 Å². The van der Waals surface area contributed by atoms with Gasteiger partial charge in [-0.1, -0.05) is 11.8 Å². The largest absolute Gasteiger partial charge is 0.368 e. The molecule has 1 aliphatic rings. The van der Waals surface area contributed by atoms with Crippen LogP contribution >= 0.6 is 11.8 Å². The highest BCUT2D eigenvalue weighted by Gasteiger charge is 2.18. The summed E-state index contributed by atoms with van der Waals surface area (Å²) in [5.41, 5.74) is 2.26. The first kappa shape index (κ1) is 19.7. The molecule has 0 radical (unpaired) electrons. The van der Waals surface area contributed by atoms with Crippen molar-refractivity contribution in [3.05, 3.63) is 48.2 Å². The van der Waals surface area contributed by atoms with Crippen LogP contribution in [0.3, 0.4) is 0 Å². The lowest BCUT2D eigenvalue weighted by Gasteiger charge is -2.35. The molecule has 1 aromatic heterocycles. The van der Waals surface area contributed by atoms with Crippen molar-refractivity contribution < 1.29 is 9.59 Å². The number of amides is 2. The Morgan fingerprint density at radius 3 is 2.54 bits per heavy atom. The Morgan fingerprint density at radius 2 is 1.89 bits per heavy atom. The molecule has 3 rings (SSSR count). The standard InChI is InChI=1S/C20H21N5O2S/c1-15(26)24-9-11-25(12-10-24)18-6-4-17(5-7-18)23-19(27)14-28-20-16(13-21)3-2-8-22-20/h2-8H,9-12,14H2,1H3,(H,23,27). The summed E-state index contributed by atoms with van der Waals surface area (Å²) in [5, 5.41) is 12.5. The van der Waals surface area contributed by atoms with Gasteiger partial charge >= 0.3 is 0 Å². The summed E-state index contributed by atoms with van der Waals surface area (Å²) in [6.45, 7) is 4.65. The summed E-state index contributed by atoms with van der Waals surface area (Å²) >= 11 is 1.24. The molecule has 1 aliphatic heterocycles. The van der Waals surface area contributed by atoms with Gasteiger partial charge in [0.05, 0.1) is 11.3 Å². The number of benzene rings is 1. The van der Waals surface area contributed by atoms with Gasteiger partial charge in [0.15, 0.2) is 0 Å². The van der Waals surface area contributed by atoms with Gasteiger partial charge in [0.1, 0.15) is 11.1 Å². The van der Waals surface area contributed by atoms with Gasteiger partial charge in [-0.2, -0.15) is 5.26 Å². The molecular formula is C20H21N5O2S. The van der Waals surface area contributed by atoms with Crippen LogP contribution in [0, 0.1) is 11.3 Å². The van der Waals surface area contributed by atoms with Crippen molar-refractivity contribution in [2.45, 2.75) is 11.9 Å². The number of aromatic nitrogens is 1. The van der Waals surface area contributed by atoms with Crippen LogP contribution in [0.2, 0.25) is 0 Å². The summed E-state index contributed by atoms with van der Waals surface area (Å²) in [6, 6.07) is 13.1. The molecule has 2 heterocycles. The number of carbonyl (C=O) groups is 2. The first-order valence-electron chi connectivity index (χ1n) is 8.95. The summed E-state index contributed by atoms with van der Waals surface area (Å²) in [7, 11) is 0. The molecule has 0 aliphatic carbocycles. The minimum Gasteiger partial charge on any atom is -0.368 e. The average Bonchev–Trinajstić information content (AvgIpc) is 2.73. The molecule has 0 unspecified atom stereocenters. The van der Waals surface area contributed by atoms with Gasteiger partial charge in [-0.15, -0.1) is 0 Å². The Bertz CT molecular complexity index is 886. The van der Waals surface area contributed by atoms with Crippen LogP contribution < -0.4 is 10.2 Å². The van der Waals surface area contributed by atoms with E-state index in [2.05, 4.69) is 21.3 Å². The Morgan fingerprint density at radius 1 is 1.18 bits per heavy atom. The van der Waals surface area contributed by atoms with Gasteiger partial charge < -0.3 is 15.1 Å². The van der Waals surface area contributed by atoms with Crippen LogP contribution in [0.4, 0.5) is 11.4 Å². The van der Waals surface area contributed by atoms with E-state index in [4.69, 9.17) is 5.26 Å². The Labute approximate surface area is 168 Å². The number of nitrogens with one attached hydrogen (secondary N) is 1. The molecule has 0 spiro atoms. The highest BCUT2D eigenvalue weighted by molar-refractivity contribution is 8.00. The fraction of sp³-hybridized carbons (Fsp3) is 0.300. The van der Waals surface area contributed by atoms with E-state index in [0.717, 1.165) is 37.6 Å². The third kappa shape index (κ3) is 5.02. The van der Waals surface area contributed by atoms with Crippen LogP contribution in [0.1, 0.15) is 12.5 Å². The maximum absolute atomic E-state index is 12.2. The molecule has 1 N–H and O–H groups in total. The van der Waals surface area contributed by atoms with Crippen molar-refractivity contribution in [1.82, 2.24) is 9.88 Å². The van der Waals surface area contributed by atoms with Gasteiger partial charge in [-0.25, -0.2) is 4.98 Å². The lowest BCUT2D eigenvalue weighted by atomic mass is 10.2. The van der Waals surface area contributed by atoms with E-state index < -0.39 is 0 Å². The summed E-state index contributed by atoms with van der Waals surface area (Å²) in [4.78, 5) is 31.8. The highest BCUT2D eigenvalue weighted by atomic mass is 32.2. The zero-order chi connectivity index (χ0) is 19.9. The second kappa shape index (κ2) is 9.24. The van der Waals surface area contributed by atoms with E-state index in [1.165, 1.54) is 11.8 Å². The highest BCUT2D eigenvalue weighted by Crippen LogP contribution is 2.21. The predicted octanol–water partition coefficient (Wildman–Crippen LogP) is 2.35. The number of nitrogens with zero attached hydrogens (tertiary/aromatic N) is 4. The molecule has 1 aromatic carbocycles. The second-order valence-corrected chi connectivity index (χ2v) is 7.31. The van der Waals surface area contributed by atoms with Crippen LogP contribution in [-0.4, -0.2) is 53.6 Å². The zero-order valence-electron chi connectivity index (χ0n) is 15.6. The minimum atomic E-state index is -0.151. The number of piperazine rings is 1. The maximum Gasteiger partial charge on any atom is 0.234 e. The van der Waals surface area contributed by atoms with Crippen molar-refractivity contribution in [3.8, 4) is 6.07 Å². The number of hydrogen-bond acceptors (Lipinski definition) is 6. The number of hydrogen-bond donors (Lipinski definition) is 1. The van der Waals surface area contributed by atoms with E-state index in [1.54, 1.807) is 25.3 Å². The molecule has 2 aromatic rings. The smallest absolute Gasteiger partial charge is 0.234 e. The first-order valence-corrected chi connectivity index (χ1v) is 9.93. The van der Waals surface area contributed by atoms with Crippen molar-refractivity contribution in [2.75, 3.05) is 42.1 Å². The van der Waals surface area contributed by atoms with Crippen molar-refractivity contribution >= 4 is 35.0 Å².